The van der Waals surface area contributed by atoms with E-state index in [9.17, 15) is 4.79 Å². The summed E-state index contributed by atoms with van der Waals surface area (Å²) in [6, 6.07) is 1.54. The number of carbonyl (C=O) groups excluding carboxylic acids is 1. The van der Waals surface area contributed by atoms with E-state index in [4.69, 9.17) is 14.2 Å². The van der Waals surface area contributed by atoms with Crippen molar-refractivity contribution in [3.63, 3.8) is 0 Å². The van der Waals surface area contributed by atoms with E-state index in [0.29, 0.717) is 62.2 Å². The van der Waals surface area contributed by atoms with Crippen molar-refractivity contribution in [3.05, 3.63) is 24.3 Å². The molecule has 3 aromatic heterocycles. The maximum Gasteiger partial charge on any atom is 0.276 e. The molecule has 0 aliphatic carbocycles. The third-order valence-electron chi connectivity index (χ3n) is 5.79. The summed E-state index contributed by atoms with van der Waals surface area (Å²) >= 11 is 0. The molecular formula is C21H27N9O4. The molecule has 0 aromatic carbocycles. The first-order valence-electron chi connectivity index (χ1n) is 11.3. The Morgan fingerprint density at radius 1 is 1.18 bits per heavy atom. The molecule has 5 heterocycles. The Balaban J connectivity index is 1.34. The number of rotatable bonds is 7. The number of nitrogens with one attached hydrogen (secondary N) is 2. The van der Waals surface area contributed by atoms with Gasteiger partial charge in [0.2, 0.25) is 17.8 Å². The minimum Gasteiger partial charge on any atom is -0.477 e. The number of aromatic nitrogens is 7. The van der Waals surface area contributed by atoms with Gasteiger partial charge in [-0.05, 0) is 18.8 Å². The zero-order chi connectivity index (χ0) is 23.3. The second-order valence-corrected chi connectivity index (χ2v) is 8.21. The third kappa shape index (κ3) is 5.15. The van der Waals surface area contributed by atoms with E-state index >= 15 is 0 Å². The highest BCUT2D eigenvalue weighted by molar-refractivity contribution is 6.02. The monoisotopic (exact) mass is 469 g/mol. The van der Waals surface area contributed by atoms with Gasteiger partial charge in [-0.3, -0.25) is 10.1 Å². The lowest BCUT2D eigenvalue weighted by Crippen LogP contribution is -2.36. The summed E-state index contributed by atoms with van der Waals surface area (Å²) in [4.78, 5) is 32.5. The van der Waals surface area contributed by atoms with Crippen LogP contribution >= 0.6 is 0 Å². The van der Waals surface area contributed by atoms with Crippen molar-refractivity contribution >= 4 is 17.8 Å². The molecule has 0 unspecified atom stereocenters. The topological polar surface area (TPSA) is 145 Å². The second-order valence-electron chi connectivity index (χ2n) is 8.21. The van der Waals surface area contributed by atoms with Gasteiger partial charge < -0.3 is 23.7 Å². The van der Waals surface area contributed by atoms with Crippen LogP contribution in [-0.2, 0) is 16.5 Å². The van der Waals surface area contributed by atoms with Crippen molar-refractivity contribution in [2.24, 2.45) is 13.0 Å². The van der Waals surface area contributed by atoms with E-state index in [1.54, 1.807) is 17.1 Å². The van der Waals surface area contributed by atoms with Gasteiger partial charge in [-0.25, -0.2) is 15.1 Å². The maximum absolute atomic E-state index is 13.0. The first-order valence-corrected chi connectivity index (χ1v) is 11.3. The van der Waals surface area contributed by atoms with Crippen LogP contribution in [0.25, 0.3) is 11.5 Å². The average Bonchev–Trinajstić information content (AvgIpc) is 3.53. The van der Waals surface area contributed by atoms with E-state index in [1.807, 2.05) is 11.9 Å². The smallest absolute Gasteiger partial charge is 0.276 e. The number of amides is 1. The standard InChI is InChI=1S/C21H27N9O4/c1-29-13-22-11-16(29)18-23-15(10-17(24-18)34-12-14-2-6-32-7-3-14)19(31)25-20-26-21(28-27-20)30-4-8-33-9-5-30/h10-11,13-14H,2-9,12H2,1H3,(H2,25,26,27,28,31). The molecule has 0 spiro atoms. The third-order valence-corrected chi connectivity index (χ3v) is 5.79. The lowest BCUT2D eigenvalue weighted by atomic mass is 10.0. The predicted octanol–water partition coefficient (Wildman–Crippen LogP) is 0.889. The fraction of sp³-hybridized carbons (Fsp3) is 0.524. The van der Waals surface area contributed by atoms with Gasteiger partial charge >= 0.3 is 0 Å². The van der Waals surface area contributed by atoms with Gasteiger partial charge in [-0.15, -0.1) is 5.10 Å². The van der Waals surface area contributed by atoms with Crippen LogP contribution in [0.5, 0.6) is 5.88 Å². The van der Waals surface area contributed by atoms with E-state index in [0.717, 1.165) is 26.1 Å². The van der Waals surface area contributed by atoms with Crippen LogP contribution in [0, 0.1) is 5.92 Å². The molecule has 180 valence electrons. The summed E-state index contributed by atoms with van der Waals surface area (Å²) < 4.78 is 18.5. The summed E-state index contributed by atoms with van der Waals surface area (Å²) in [7, 11) is 1.84. The molecule has 0 atom stereocenters. The number of H-pyrrole nitrogens is 1. The largest absolute Gasteiger partial charge is 0.477 e. The van der Waals surface area contributed by atoms with E-state index in [-0.39, 0.29) is 11.6 Å². The molecule has 0 bridgehead atoms. The number of nitrogens with zero attached hydrogens (tertiary/aromatic N) is 7. The van der Waals surface area contributed by atoms with Gasteiger partial charge in [-0.2, -0.15) is 9.97 Å². The summed E-state index contributed by atoms with van der Waals surface area (Å²) in [5, 5.41) is 9.68. The van der Waals surface area contributed by atoms with Gasteiger partial charge in [0.1, 0.15) is 11.4 Å². The molecular weight excluding hydrogens is 442 g/mol. The fourth-order valence-corrected chi connectivity index (χ4v) is 3.80. The minimum absolute atomic E-state index is 0.150. The van der Waals surface area contributed by atoms with Crippen LogP contribution in [-0.4, -0.2) is 86.7 Å². The molecule has 2 fully saturated rings. The molecule has 0 radical (unpaired) electrons. The maximum atomic E-state index is 13.0. The Morgan fingerprint density at radius 3 is 2.74 bits per heavy atom. The zero-order valence-electron chi connectivity index (χ0n) is 18.9. The van der Waals surface area contributed by atoms with E-state index < -0.39 is 5.91 Å². The molecule has 0 saturated carbocycles. The summed E-state index contributed by atoms with van der Waals surface area (Å²) in [5.41, 5.74) is 0.817. The highest BCUT2D eigenvalue weighted by Crippen LogP contribution is 2.22. The number of imidazole rings is 1. The lowest BCUT2D eigenvalue weighted by molar-refractivity contribution is 0.0490. The van der Waals surface area contributed by atoms with Crippen molar-refractivity contribution < 1.29 is 19.0 Å². The van der Waals surface area contributed by atoms with Crippen molar-refractivity contribution in [2.45, 2.75) is 12.8 Å². The van der Waals surface area contributed by atoms with Gasteiger partial charge in [0, 0.05) is 39.4 Å². The lowest BCUT2D eigenvalue weighted by Gasteiger charge is -2.25. The van der Waals surface area contributed by atoms with Crippen molar-refractivity contribution in [3.8, 4) is 17.4 Å². The summed E-state index contributed by atoms with van der Waals surface area (Å²) in [5.74, 6) is 1.35. The first-order chi connectivity index (χ1) is 16.7. The summed E-state index contributed by atoms with van der Waals surface area (Å²) in [6.45, 7) is 4.58. The second kappa shape index (κ2) is 10.1. The van der Waals surface area contributed by atoms with Crippen LogP contribution in [0.2, 0.25) is 0 Å². The predicted molar refractivity (Wildman–Crippen MR) is 121 cm³/mol. The van der Waals surface area contributed by atoms with Crippen molar-refractivity contribution in [1.82, 2.24) is 34.7 Å². The van der Waals surface area contributed by atoms with Crippen LogP contribution in [0.15, 0.2) is 18.6 Å². The number of carbonyl (C=O) groups is 1. The quantitative estimate of drug-likeness (QED) is 0.511. The molecule has 13 heteroatoms. The number of aromatic amines is 1. The highest BCUT2D eigenvalue weighted by Gasteiger charge is 2.20. The molecule has 3 aromatic rings. The Kier molecular flexibility index (Phi) is 6.62. The van der Waals surface area contributed by atoms with E-state index in [1.165, 1.54) is 6.07 Å². The zero-order valence-corrected chi connectivity index (χ0v) is 18.9. The molecule has 13 nitrogen and oxygen atoms in total. The highest BCUT2D eigenvalue weighted by atomic mass is 16.5. The molecule has 34 heavy (non-hydrogen) atoms. The molecule has 2 aliphatic heterocycles. The molecule has 2 N–H and O–H groups in total. The number of ether oxygens (including phenoxy) is 3. The molecule has 1 amide bonds. The van der Waals surface area contributed by atoms with Crippen LogP contribution in [0.4, 0.5) is 11.9 Å². The normalized spacial score (nSPS) is 17.0. The summed E-state index contributed by atoms with van der Waals surface area (Å²) in [6.07, 6.45) is 5.16. The molecule has 5 rings (SSSR count). The number of aryl methyl sites for hydroxylation is 1. The minimum atomic E-state index is -0.452. The van der Waals surface area contributed by atoms with Gasteiger partial charge in [0.05, 0.1) is 32.3 Å². The Bertz CT molecular complexity index is 1120. The van der Waals surface area contributed by atoms with Crippen molar-refractivity contribution in [1.29, 1.82) is 0 Å². The number of hydrogen-bond acceptors (Lipinski definition) is 10. The number of anilines is 2. The molecule has 2 saturated heterocycles. The SMILES string of the molecule is Cn1cncc1-c1nc(OCC2CCOCC2)cc(C(=O)Nc2nc(N3CCOCC3)n[nH]2)n1. The Hall–Kier alpha value is -3.58. The number of morpholine rings is 1. The van der Waals surface area contributed by atoms with Crippen LogP contribution in [0.3, 0.4) is 0 Å². The van der Waals surface area contributed by atoms with Gasteiger partial charge in [0.25, 0.3) is 5.91 Å². The Morgan fingerprint density at radius 2 is 1.97 bits per heavy atom. The number of hydrogen-bond donors (Lipinski definition) is 2. The van der Waals surface area contributed by atoms with Gasteiger partial charge in [0.15, 0.2) is 5.82 Å². The fourth-order valence-electron chi connectivity index (χ4n) is 3.80. The first kappa shape index (κ1) is 22.2. The van der Waals surface area contributed by atoms with E-state index in [2.05, 4.69) is 35.5 Å². The van der Waals surface area contributed by atoms with Crippen LogP contribution < -0.4 is 15.0 Å². The molecule has 2 aliphatic rings. The van der Waals surface area contributed by atoms with Crippen LogP contribution in [0.1, 0.15) is 23.3 Å². The van der Waals surface area contributed by atoms with Crippen molar-refractivity contribution in [2.75, 3.05) is 56.3 Å². The van der Waals surface area contributed by atoms with Gasteiger partial charge in [-0.1, -0.05) is 0 Å². The average molecular weight is 470 g/mol. The Labute approximate surface area is 195 Å².